The van der Waals surface area contributed by atoms with E-state index < -0.39 is 29.6 Å². The minimum Gasteiger partial charge on any atom is -0.478 e. The zero-order chi connectivity index (χ0) is 74.7. The van der Waals surface area contributed by atoms with Crippen molar-refractivity contribution in [1.29, 1.82) is 0 Å². The number of aromatic carboxylic acids is 1. The predicted octanol–water partition coefficient (Wildman–Crippen LogP) is 18.3. The molecule has 6 aromatic rings. The Hall–Kier alpha value is -9.92. The maximum absolute atomic E-state index is 13.6. The molecule has 5 N–H and O–H groups in total. The average Bonchev–Trinajstić information content (AvgIpc) is 0.808. The summed E-state index contributed by atoms with van der Waals surface area (Å²) in [5, 5.41) is 15.3. The molecular formula is C81H104N6O15. The van der Waals surface area contributed by atoms with E-state index in [9.17, 15) is 43.5 Å². The molecule has 3 fully saturated rings. The van der Waals surface area contributed by atoms with Crippen molar-refractivity contribution >= 4 is 81.8 Å². The van der Waals surface area contributed by atoms with Crippen LogP contribution in [0.3, 0.4) is 0 Å². The second-order valence-corrected chi connectivity index (χ2v) is 28.8. The maximum atomic E-state index is 13.6. The van der Waals surface area contributed by atoms with Crippen molar-refractivity contribution in [1.82, 2.24) is 0 Å². The number of esters is 2. The van der Waals surface area contributed by atoms with Gasteiger partial charge in [0, 0.05) is 59.9 Å². The van der Waals surface area contributed by atoms with Gasteiger partial charge in [-0.05, 0) is 285 Å². The Morgan fingerprint density at radius 3 is 1.00 bits per heavy atom. The lowest BCUT2D eigenvalue weighted by molar-refractivity contribution is -0.124. The van der Waals surface area contributed by atoms with E-state index in [0.29, 0.717) is 91.9 Å². The number of anilines is 6. The second-order valence-electron chi connectivity index (χ2n) is 28.8. The van der Waals surface area contributed by atoms with Crippen molar-refractivity contribution in [2.45, 2.75) is 191 Å². The van der Waals surface area contributed by atoms with Crippen LogP contribution in [0.25, 0.3) is 0 Å². The van der Waals surface area contributed by atoms with Crippen LogP contribution in [-0.4, -0.2) is 90.7 Å². The summed E-state index contributed by atoms with van der Waals surface area (Å²) in [6.07, 6.45) is 10.8. The fraction of sp³-hybridized carbons (Fsp3) is 0.457. The first-order chi connectivity index (χ1) is 48.3. The number of hydrogen-bond donors (Lipinski definition) is 4. The maximum Gasteiger partial charge on any atom is 0.412 e. The molecule has 0 saturated heterocycles. The van der Waals surface area contributed by atoms with Gasteiger partial charge in [-0.25, -0.2) is 19.2 Å². The Morgan fingerprint density at radius 2 is 0.716 bits per heavy atom. The SMILES string of the molecule is CC(=O)Nc1ccc(Oc2ccc(N(C(=O)C3CCC(C)CC3)C(C)C)c(C(=O)O)c2)cc1.COC(=O)c1cc(Oc2ccc(N)cc2)ccc1N(C(=O)C1CCC(C)CC1)C(C)C.COC(=O)c1cc(Oc2ccc(NC(=O)OC(C)(C)C)cc2)ccc1N(C(=O)C1CCC(C)CC1)C(C)C. The molecule has 548 valence electrons. The third-order valence-electron chi connectivity index (χ3n) is 18.3. The molecule has 21 nitrogen and oxygen atoms in total. The fourth-order valence-corrected chi connectivity index (χ4v) is 12.9. The molecule has 3 saturated carbocycles. The van der Waals surface area contributed by atoms with Gasteiger partial charge < -0.3 is 59.3 Å². The van der Waals surface area contributed by atoms with Crippen LogP contribution in [-0.2, 0) is 33.4 Å². The molecule has 0 heterocycles. The summed E-state index contributed by atoms with van der Waals surface area (Å²) in [4.78, 5) is 106. The average molecular weight is 1400 g/mol. The number of ether oxygens (including phenoxy) is 6. The number of carbonyl (C=O) groups excluding carboxylic acids is 7. The molecule has 6 aromatic carbocycles. The number of nitrogens with one attached hydrogen (secondary N) is 2. The van der Waals surface area contributed by atoms with Crippen LogP contribution in [0.5, 0.6) is 34.5 Å². The molecule has 0 radical (unpaired) electrons. The van der Waals surface area contributed by atoms with Gasteiger partial charge in [-0.15, -0.1) is 0 Å². The summed E-state index contributed by atoms with van der Waals surface area (Å²) in [5.74, 6) is 2.40. The van der Waals surface area contributed by atoms with Gasteiger partial charge in [0.05, 0.1) is 48.0 Å². The Morgan fingerprint density at radius 1 is 0.431 bits per heavy atom. The number of carboxylic acid groups (broad SMARTS) is 1. The standard InChI is InChI=1S/C30H40N2O6.C26H32N2O5.C25H32N2O4/c1-19(2)32(27(33)21-10-8-20(3)9-11-21)26-17-16-24(18-25(26)28(34)36-7)37-23-14-12-22(13-15-23)31-29(35)38-30(4,5)6;1-16(2)28(25(30)19-7-5-17(3)6-8-19)24-14-13-22(15-23(24)26(31)32)33-21-11-9-20(10-12-21)27-18(4)29;1-16(2)27(24(28)18-7-5-17(3)6-8-18)23-14-13-21(15-22(23)25(29)30-4)31-20-11-9-19(26)10-12-20/h12-21H,8-11H2,1-7H3,(H,31,35);9-17,19H,5-8H2,1-4H3,(H,27,29)(H,31,32);9-18H,5-8,26H2,1-4H3. The second kappa shape index (κ2) is 36.6. The number of carbonyl (C=O) groups is 8. The van der Waals surface area contributed by atoms with Gasteiger partial charge in [0.2, 0.25) is 23.6 Å². The van der Waals surface area contributed by atoms with Gasteiger partial charge in [-0.3, -0.25) is 24.5 Å². The molecule has 102 heavy (non-hydrogen) atoms. The highest BCUT2D eigenvalue weighted by molar-refractivity contribution is 6.06. The summed E-state index contributed by atoms with van der Waals surface area (Å²) in [5.41, 5.74) is 9.01. The molecular weight excluding hydrogens is 1300 g/mol. The Bertz CT molecular complexity index is 3840. The van der Waals surface area contributed by atoms with E-state index in [-0.39, 0.29) is 70.6 Å². The molecule has 0 aromatic heterocycles. The fourth-order valence-electron chi connectivity index (χ4n) is 12.9. The lowest BCUT2D eigenvalue weighted by Gasteiger charge is -2.34. The highest BCUT2D eigenvalue weighted by Gasteiger charge is 2.36. The molecule has 0 spiro atoms. The van der Waals surface area contributed by atoms with Gasteiger partial charge >= 0.3 is 24.0 Å². The number of amides is 5. The molecule has 5 amide bonds. The summed E-state index contributed by atoms with van der Waals surface area (Å²) in [6, 6.07) is 35.2. The predicted molar refractivity (Wildman–Crippen MR) is 398 cm³/mol. The summed E-state index contributed by atoms with van der Waals surface area (Å²) >= 11 is 0. The number of nitrogens with zero attached hydrogens (tertiary/aromatic N) is 3. The first-order valence-corrected chi connectivity index (χ1v) is 35.5. The molecule has 9 rings (SSSR count). The Kier molecular flexibility index (Phi) is 28.5. The number of methoxy groups -OCH3 is 2. The Balaban J connectivity index is 0.000000216. The minimum atomic E-state index is -1.12. The summed E-state index contributed by atoms with van der Waals surface area (Å²) in [7, 11) is 2.66. The van der Waals surface area contributed by atoms with Crippen LogP contribution >= 0.6 is 0 Å². The van der Waals surface area contributed by atoms with Gasteiger partial charge in [-0.1, -0.05) is 20.8 Å². The molecule has 0 aliphatic heterocycles. The number of nitrogen functional groups attached to an aromatic ring is 1. The number of hydrogen-bond acceptors (Lipinski definition) is 15. The van der Waals surface area contributed by atoms with Crippen molar-refractivity contribution in [3.63, 3.8) is 0 Å². The normalized spacial score (nSPS) is 17.9. The van der Waals surface area contributed by atoms with Crippen LogP contribution in [0.15, 0.2) is 127 Å². The number of rotatable bonds is 20. The van der Waals surface area contributed by atoms with Crippen LogP contribution < -0.4 is 45.3 Å². The largest absolute Gasteiger partial charge is 0.478 e. The Labute approximate surface area is 601 Å². The van der Waals surface area contributed by atoms with E-state index in [1.807, 2.05) is 41.5 Å². The first kappa shape index (κ1) is 79.4. The minimum absolute atomic E-state index is 0.0124. The third kappa shape index (κ3) is 22.5. The van der Waals surface area contributed by atoms with Crippen molar-refractivity contribution < 1.29 is 71.9 Å². The highest BCUT2D eigenvalue weighted by Crippen LogP contribution is 2.40. The van der Waals surface area contributed by atoms with Crippen molar-refractivity contribution in [2.24, 2.45) is 35.5 Å². The van der Waals surface area contributed by atoms with E-state index in [1.54, 1.807) is 157 Å². The first-order valence-electron chi connectivity index (χ1n) is 35.5. The molecule has 3 aliphatic carbocycles. The molecule has 0 bridgehead atoms. The van der Waals surface area contributed by atoms with Crippen molar-refractivity contribution in [3.05, 3.63) is 144 Å². The van der Waals surface area contributed by atoms with Crippen LogP contribution in [0.2, 0.25) is 0 Å². The van der Waals surface area contributed by atoms with Crippen LogP contribution in [0.4, 0.5) is 38.9 Å². The summed E-state index contributed by atoms with van der Waals surface area (Å²) < 4.78 is 33.0. The zero-order valence-electron chi connectivity index (χ0n) is 61.9. The van der Waals surface area contributed by atoms with Gasteiger partial charge in [0.15, 0.2) is 0 Å². The van der Waals surface area contributed by atoms with Gasteiger partial charge in [0.25, 0.3) is 0 Å². The van der Waals surface area contributed by atoms with Crippen LogP contribution in [0, 0.1) is 35.5 Å². The molecule has 3 aliphatic rings. The van der Waals surface area contributed by atoms with Gasteiger partial charge in [-0.2, -0.15) is 0 Å². The van der Waals surface area contributed by atoms with E-state index in [1.165, 1.54) is 27.2 Å². The smallest absolute Gasteiger partial charge is 0.412 e. The number of benzene rings is 6. The summed E-state index contributed by atoms with van der Waals surface area (Å²) in [6.45, 7) is 25.1. The number of nitrogens with two attached hydrogens (primary N) is 1. The monoisotopic (exact) mass is 1400 g/mol. The number of carboxylic acids is 1. The van der Waals surface area contributed by atoms with E-state index in [2.05, 4.69) is 31.4 Å². The highest BCUT2D eigenvalue weighted by atomic mass is 16.6. The quantitative estimate of drug-likeness (QED) is 0.0314. The third-order valence-corrected chi connectivity index (χ3v) is 18.3. The zero-order valence-corrected chi connectivity index (χ0v) is 61.9. The van der Waals surface area contributed by atoms with E-state index >= 15 is 0 Å². The topological polar surface area (TPSA) is 272 Å². The van der Waals surface area contributed by atoms with E-state index in [4.69, 9.17) is 34.2 Å². The lowest BCUT2D eigenvalue weighted by atomic mass is 9.82. The van der Waals surface area contributed by atoms with Gasteiger partial charge in [0.1, 0.15) is 40.1 Å². The van der Waals surface area contributed by atoms with Crippen molar-refractivity contribution in [2.75, 3.05) is 45.3 Å². The van der Waals surface area contributed by atoms with E-state index in [0.717, 1.165) is 77.0 Å². The lowest BCUT2D eigenvalue weighted by Crippen LogP contribution is -2.43. The molecule has 0 atom stereocenters. The van der Waals surface area contributed by atoms with Crippen LogP contribution in [0.1, 0.15) is 198 Å². The van der Waals surface area contributed by atoms with Crippen molar-refractivity contribution in [3.8, 4) is 34.5 Å². The molecule has 21 heteroatoms. The molecule has 0 unspecified atom stereocenters.